The summed E-state index contributed by atoms with van der Waals surface area (Å²) in [5, 5.41) is 20.7. The predicted molar refractivity (Wildman–Crippen MR) is 124 cm³/mol. The summed E-state index contributed by atoms with van der Waals surface area (Å²) in [7, 11) is 1.63. The van der Waals surface area contributed by atoms with Crippen LogP contribution in [0.5, 0.6) is 5.88 Å². The van der Waals surface area contributed by atoms with Crippen LogP contribution in [-0.2, 0) is 11.3 Å². The van der Waals surface area contributed by atoms with Crippen LogP contribution in [0.15, 0.2) is 49.1 Å². The fourth-order valence-corrected chi connectivity index (χ4v) is 4.79. The number of hydrogen-bond donors (Lipinski definition) is 3. The highest BCUT2D eigenvalue weighted by atomic mass is 16.5. The Bertz CT molecular complexity index is 1000. The molecule has 0 saturated carbocycles. The number of dihydropyridines is 1. The zero-order chi connectivity index (χ0) is 23.1. The van der Waals surface area contributed by atoms with Crippen molar-refractivity contribution in [2.45, 2.75) is 50.3 Å². The van der Waals surface area contributed by atoms with Crippen molar-refractivity contribution in [3.63, 3.8) is 0 Å². The summed E-state index contributed by atoms with van der Waals surface area (Å²) in [6, 6.07) is 4.89. The van der Waals surface area contributed by atoms with Gasteiger partial charge in [-0.1, -0.05) is 12.1 Å². The van der Waals surface area contributed by atoms with Crippen LogP contribution in [-0.4, -0.2) is 80.4 Å². The second kappa shape index (κ2) is 8.57. The van der Waals surface area contributed by atoms with Gasteiger partial charge in [-0.05, 0) is 31.9 Å². The standard InChI is InChI=1S/C24H32N6O3/c1-23(2,31)16-33-24(7-6-18(10-26-24)19-11-27-28-12-19)29-14-20-8-21(15-29)30(20)13-17-4-5-22(32-3)25-9-17/h4-7,9-12,20-21,26,31H,8,13-16H2,1-3H3,(H,27,28). The van der Waals surface area contributed by atoms with Crippen LogP contribution in [0.2, 0.25) is 0 Å². The predicted octanol–water partition coefficient (Wildman–Crippen LogP) is 1.71. The second-order valence-electron chi connectivity index (χ2n) is 9.69. The minimum Gasteiger partial charge on any atom is -0.481 e. The molecule has 0 amide bonds. The molecule has 0 aromatic carbocycles. The Hall–Kier alpha value is -2.72. The Labute approximate surface area is 194 Å². The molecule has 9 nitrogen and oxygen atoms in total. The number of aliphatic hydroxyl groups is 1. The molecule has 3 saturated heterocycles. The normalized spacial score (nSPS) is 27.6. The van der Waals surface area contributed by atoms with Gasteiger partial charge in [0, 0.05) is 67.5 Å². The van der Waals surface area contributed by atoms with Gasteiger partial charge in [0.05, 0.1) is 25.5 Å². The lowest BCUT2D eigenvalue weighted by Gasteiger charge is -2.60. The molecule has 2 bridgehead atoms. The van der Waals surface area contributed by atoms with E-state index in [0.717, 1.165) is 30.8 Å². The van der Waals surface area contributed by atoms with Crippen molar-refractivity contribution in [1.29, 1.82) is 0 Å². The Morgan fingerprint density at radius 2 is 2.06 bits per heavy atom. The maximum Gasteiger partial charge on any atom is 0.218 e. The van der Waals surface area contributed by atoms with E-state index in [1.54, 1.807) is 27.2 Å². The Kier molecular flexibility index (Phi) is 5.74. The van der Waals surface area contributed by atoms with Crippen molar-refractivity contribution < 1.29 is 14.6 Å². The summed E-state index contributed by atoms with van der Waals surface area (Å²) < 4.78 is 11.5. The van der Waals surface area contributed by atoms with E-state index in [-0.39, 0.29) is 6.61 Å². The van der Waals surface area contributed by atoms with Crippen LogP contribution in [0.3, 0.4) is 0 Å². The van der Waals surface area contributed by atoms with Gasteiger partial charge < -0.3 is 19.9 Å². The molecule has 3 atom stereocenters. The minimum absolute atomic E-state index is 0.215. The van der Waals surface area contributed by atoms with E-state index in [9.17, 15) is 5.11 Å². The molecular formula is C24H32N6O3. The SMILES string of the molecule is COc1ccc(CN2C3CC2CN(C2(OCC(C)(C)O)C=CC(c4cn[nH]c4)=CN2)C3)cn1. The fraction of sp³-hybridized carbons (Fsp3) is 0.500. The molecule has 0 radical (unpaired) electrons. The molecule has 176 valence electrons. The van der Waals surface area contributed by atoms with Crippen LogP contribution in [0.1, 0.15) is 31.4 Å². The van der Waals surface area contributed by atoms with Crippen molar-refractivity contribution in [2.24, 2.45) is 0 Å². The van der Waals surface area contributed by atoms with Gasteiger partial charge in [0.1, 0.15) is 0 Å². The number of fused-ring (bicyclic) bond motifs is 2. The number of pyridine rings is 1. The summed E-state index contributed by atoms with van der Waals surface area (Å²) in [6.07, 6.45) is 12.8. The largest absolute Gasteiger partial charge is 0.481 e. The highest BCUT2D eigenvalue weighted by Gasteiger charge is 2.50. The zero-order valence-electron chi connectivity index (χ0n) is 19.4. The third-order valence-corrected chi connectivity index (χ3v) is 6.59. The molecule has 4 aliphatic heterocycles. The van der Waals surface area contributed by atoms with Crippen LogP contribution in [0.4, 0.5) is 0 Å². The summed E-state index contributed by atoms with van der Waals surface area (Å²) in [6.45, 7) is 6.37. The first-order chi connectivity index (χ1) is 15.9. The number of ether oxygens (including phenoxy) is 2. The first-order valence-corrected chi connectivity index (χ1v) is 11.4. The number of nitrogens with one attached hydrogen (secondary N) is 2. The van der Waals surface area contributed by atoms with E-state index in [1.165, 1.54) is 12.0 Å². The number of methoxy groups -OCH3 is 1. The third-order valence-electron chi connectivity index (χ3n) is 6.59. The highest BCUT2D eigenvalue weighted by Crippen LogP contribution is 2.38. The lowest BCUT2D eigenvalue weighted by Crippen LogP contribution is -2.74. The maximum atomic E-state index is 10.3. The van der Waals surface area contributed by atoms with Crippen LogP contribution in [0, 0.1) is 0 Å². The number of H-pyrrole nitrogens is 1. The summed E-state index contributed by atoms with van der Waals surface area (Å²) in [4.78, 5) is 9.23. The van der Waals surface area contributed by atoms with Gasteiger partial charge in [-0.25, -0.2) is 4.98 Å². The smallest absolute Gasteiger partial charge is 0.218 e. The molecule has 6 rings (SSSR count). The van der Waals surface area contributed by atoms with E-state index in [2.05, 4.69) is 48.5 Å². The van der Waals surface area contributed by atoms with Crippen LogP contribution < -0.4 is 10.1 Å². The number of rotatable bonds is 8. The van der Waals surface area contributed by atoms with E-state index in [4.69, 9.17) is 9.47 Å². The van der Waals surface area contributed by atoms with Gasteiger partial charge in [0.25, 0.3) is 0 Å². The minimum atomic E-state index is -0.927. The molecule has 9 heteroatoms. The van der Waals surface area contributed by atoms with Gasteiger partial charge >= 0.3 is 0 Å². The Morgan fingerprint density at radius 1 is 1.24 bits per heavy atom. The number of aromatic nitrogens is 3. The summed E-state index contributed by atoms with van der Waals surface area (Å²) in [5.74, 6) is -0.157. The molecule has 4 aliphatic rings. The van der Waals surface area contributed by atoms with Gasteiger partial charge in [-0.3, -0.25) is 14.9 Å². The molecule has 3 fully saturated rings. The first kappa shape index (κ1) is 22.1. The topological polar surface area (TPSA) is 98.8 Å². The second-order valence-corrected chi connectivity index (χ2v) is 9.69. The Balaban J connectivity index is 1.29. The molecule has 3 N–H and O–H groups in total. The first-order valence-electron chi connectivity index (χ1n) is 11.4. The van der Waals surface area contributed by atoms with E-state index >= 15 is 0 Å². The summed E-state index contributed by atoms with van der Waals surface area (Å²) >= 11 is 0. The molecule has 0 spiro atoms. The van der Waals surface area contributed by atoms with Crippen molar-refractivity contribution >= 4 is 5.57 Å². The zero-order valence-corrected chi connectivity index (χ0v) is 19.4. The van der Waals surface area contributed by atoms with Crippen molar-refractivity contribution in [3.8, 4) is 5.88 Å². The number of piperidine rings is 1. The molecular weight excluding hydrogens is 420 g/mol. The number of allylic oxidation sites excluding steroid dienone is 2. The number of piperazine rings is 1. The number of nitrogens with zero attached hydrogens (tertiary/aromatic N) is 4. The lowest BCUT2D eigenvalue weighted by atomic mass is 9.86. The number of hydrogen-bond acceptors (Lipinski definition) is 8. The fourth-order valence-electron chi connectivity index (χ4n) is 4.79. The average Bonchev–Trinajstić information content (AvgIpc) is 3.36. The average molecular weight is 453 g/mol. The van der Waals surface area contributed by atoms with Gasteiger partial charge in [0.2, 0.25) is 11.7 Å². The molecule has 3 unspecified atom stereocenters. The number of aromatic amines is 1. The quantitative estimate of drug-likeness (QED) is 0.557. The highest BCUT2D eigenvalue weighted by molar-refractivity contribution is 5.74. The molecule has 2 aromatic heterocycles. The molecule has 2 aromatic rings. The monoisotopic (exact) mass is 452 g/mol. The molecule has 6 heterocycles. The summed E-state index contributed by atoms with van der Waals surface area (Å²) in [5.41, 5.74) is 2.30. The van der Waals surface area contributed by atoms with Gasteiger partial charge in [-0.15, -0.1) is 0 Å². The van der Waals surface area contributed by atoms with Gasteiger partial charge in [0.15, 0.2) is 0 Å². The van der Waals surface area contributed by atoms with Crippen LogP contribution in [0.25, 0.3) is 5.57 Å². The van der Waals surface area contributed by atoms with E-state index in [1.807, 2.05) is 24.7 Å². The maximum absolute atomic E-state index is 10.3. The van der Waals surface area contributed by atoms with E-state index in [0.29, 0.717) is 18.0 Å². The molecule has 0 aliphatic carbocycles. The lowest BCUT2D eigenvalue weighted by molar-refractivity contribution is -0.209. The van der Waals surface area contributed by atoms with Crippen LogP contribution >= 0.6 is 0 Å². The van der Waals surface area contributed by atoms with E-state index < -0.39 is 11.4 Å². The van der Waals surface area contributed by atoms with Crippen molar-refractivity contribution in [3.05, 3.63) is 60.2 Å². The third kappa shape index (κ3) is 4.54. The molecule has 33 heavy (non-hydrogen) atoms. The Morgan fingerprint density at radius 3 is 2.64 bits per heavy atom. The van der Waals surface area contributed by atoms with Gasteiger partial charge in [-0.2, -0.15) is 5.10 Å². The van der Waals surface area contributed by atoms with Crippen molar-refractivity contribution in [1.82, 2.24) is 30.3 Å². The van der Waals surface area contributed by atoms with Crippen molar-refractivity contribution in [2.75, 3.05) is 26.8 Å².